The largest absolute Gasteiger partial charge is 0.573 e. The van der Waals surface area contributed by atoms with Crippen LogP contribution in [0.5, 0.6) is 5.75 Å². The number of aryl methyl sites for hydroxylation is 1. The van der Waals surface area contributed by atoms with Crippen molar-refractivity contribution in [1.29, 1.82) is 0 Å². The number of alkyl halides is 3. The van der Waals surface area contributed by atoms with Crippen LogP contribution >= 0.6 is 0 Å². The molecular weight excluding hydrogens is 363 g/mol. The van der Waals surface area contributed by atoms with Gasteiger partial charge in [-0.05, 0) is 49.4 Å². The standard InChI is InChI=1S/C18H16F3N3O3/c1-10(22-13-5-8-16-15(9-13)23-11(2)26-16)17(25)24-12-3-6-14(7-4-12)27-18(19,20)21/h3-10,22H,1-2H3,(H,24,25). The van der Waals surface area contributed by atoms with Crippen LogP contribution < -0.4 is 15.4 Å². The highest BCUT2D eigenvalue weighted by atomic mass is 19.4. The number of carbonyl (C=O) groups excluding carboxylic acids is 1. The number of rotatable bonds is 5. The topological polar surface area (TPSA) is 76.4 Å². The van der Waals surface area contributed by atoms with Crippen molar-refractivity contribution in [2.24, 2.45) is 0 Å². The van der Waals surface area contributed by atoms with E-state index >= 15 is 0 Å². The summed E-state index contributed by atoms with van der Waals surface area (Å²) in [6, 6.07) is 9.60. The summed E-state index contributed by atoms with van der Waals surface area (Å²) in [5.74, 6) is -0.162. The Morgan fingerprint density at radius 3 is 2.48 bits per heavy atom. The van der Waals surface area contributed by atoms with Crippen molar-refractivity contribution in [3.8, 4) is 5.75 Å². The Morgan fingerprint density at radius 1 is 1.15 bits per heavy atom. The average Bonchev–Trinajstić information content (AvgIpc) is 2.94. The number of ether oxygens (including phenoxy) is 1. The van der Waals surface area contributed by atoms with E-state index in [1.54, 1.807) is 32.0 Å². The Labute approximate surface area is 152 Å². The SMILES string of the molecule is Cc1nc2cc(NC(C)C(=O)Nc3ccc(OC(F)(F)F)cc3)ccc2o1. The van der Waals surface area contributed by atoms with E-state index in [0.29, 0.717) is 28.4 Å². The molecule has 0 aliphatic carbocycles. The maximum Gasteiger partial charge on any atom is 0.573 e. The predicted octanol–water partition coefficient (Wildman–Crippen LogP) is 4.47. The van der Waals surface area contributed by atoms with Crippen LogP contribution in [0.25, 0.3) is 11.1 Å². The highest BCUT2D eigenvalue weighted by Gasteiger charge is 2.31. The molecule has 0 aliphatic heterocycles. The van der Waals surface area contributed by atoms with Crippen LogP contribution in [0.3, 0.4) is 0 Å². The van der Waals surface area contributed by atoms with Crippen molar-refractivity contribution in [1.82, 2.24) is 4.98 Å². The van der Waals surface area contributed by atoms with E-state index in [1.807, 2.05) is 0 Å². The predicted molar refractivity (Wildman–Crippen MR) is 93.6 cm³/mol. The van der Waals surface area contributed by atoms with Crippen LogP contribution in [0.1, 0.15) is 12.8 Å². The van der Waals surface area contributed by atoms with Gasteiger partial charge in [0.05, 0.1) is 0 Å². The van der Waals surface area contributed by atoms with Gasteiger partial charge in [-0.3, -0.25) is 4.79 Å². The van der Waals surface area contributed by atoms with Crippen molar-refractivity contribution in [3.63, 3.8) is 0 Å². The number of fused-ring (bicyclic) bond motifs is 1. The van der Waals surface area contributed by atoms with E-state index < -0.39 is 12.4 Å². The monoisotopic (exact) mass is 379 g/mol. The third-order valence-corrected chi connectivity index (χ3v) is 3.63. The van der Waals surface area contributed by atoms with E-state index in [2.05, 4.69) is 20.4 Å². The second-order valence-electron chi connectivity index (χ2n) is 5.84. The van der Waals surface area contributed by atoms with Gasteiger partial charge in [-0.25, -0.2) is 4.98 Å². The quantitative estimate of drug-likeness (QED) is 0.684. The first kappa shape index (κ1) is 18.6. The first-order valence-electron chi connectivity index (χ1n) is 8.00. The first-order chi connectivity index (χ1) is 12.7. The van der Waals surface area contributed by atoms with E-state index in [-0.39, 0.29) is 11.7 Å². The molecule has 0 radical (unpaired) electrons. The molecule has 2 N–H and O–H groups in total. The zero-order valence-corrected chi connectivity index (χ0v) is 14.4. The molecule has 9 heteroatoms. The molecule has 0 saturated carbocycles. The molecule has 0 aliphatic rings. The Morgan fingerprint density at radius 2 is 1.81 bits per heavy atom. The molecule has 0 spiro atoms. The van der Waals surface area contributed by atoms with E-state index in [4.69, 9.17) is 4.42 Å². The van der Waals surface area contributed by atoms with Gasteiger partial charge < -0.3 is 19.8 Å². The number of amides is 1. The maximum absolute atomic E-state index is 12.3. The van der Waals surface area contributed by atoms with Gasteiger partial charge >= 0.3 is 6.36 Å². The number of benzene rings is 2. The highest BCUT2D eigenvalue weighted by Crippen LogP contribution is 2.24. The van der Waals surface area contributed by atoms with Crippen molar-refractivity contribution in [2.45, 2.75) is 26.3 Å². The number of anilines is 2. The van der Waals surface area contributed by atoms with E-state index in [9.17, 15) is 18.0 Å². The lowest BCUT2D eigenvalue weighted by molar-refractivity contribution is -0.274. The maximum atomic E-state index is 12.3. The molecular formula is C18H16F3N3O3. The Kier molecular flexibility index (Phi) is 4.93. The zero-order valence-electron chi connectivity index (χ0n) is 14.4. The number of oxazole rings is 1. The Hall–Kier alpha value is -3.23. The molecule has 142 valence electrons. The van der Waals surface area contributed by atoms with Crippen molar-refractivity contribution < 1.29 is 27.1 Å². The van der Waals surface area contributed by atoms with Gasteiger partial charge in [-0.15, -0.1) is 13.2 Å². The molecule has 1 unspecified atom stereocenters. The van der Waals surface area contributed by atoms with Gasteiger partial charge in [-0.1, -0.05) is 0 Å². The van der Waals surface area contributed by atoms with Gasteiger partial charge in [-0.2, -0.15) is 0 Å². The minimum atomic E-state index is -4.76. The molecule has 6 nitrogen and oxygen atoms in total. The zero-order chi connectivity index (χ0) is 19.6. The van der Waals surface area contributed by atoms with Gasteiger partial charge in [0, 0.05) is 18.3 Å². The summed E-state index contributed by atoms with van der Waals surface area (Å²) in [6.45, 7) is 3.41. The van der Waals surface area contributed by atoms with E-state index in [0.717, 1.165) is 12.1 Å². The molecule has 3 rings (SSSR count). The fourth-order valence-corrected chi connectivity index (χ4v) is 2.44. The number of hydrogen-bond donors (Lipinski definition) is 2. The normalized spacial score (nSPS) is 12.6. The van der Waals surface area contributed by atoms with Crippen LogP contribution in [0.2, 0.25) is 0 Å². The third-order valence-electron chi connectivity index (χ3n) is 3.63. The fraction of sp³-hybridized carbons (Fsp3) is 0.222. The van der Waals surface area contributed by atoms with Crippen molar-refractivity contribution in [3.05, 3.63) is 48.4 Å². The minimum absolute atomic E-state index is 0.351. The first-order valence-corrected chi connectivity index (χ1v) is 8.00. The van der Waals surface area contributed by atoms with Gasteiger partial charge in [0.2, 0.25) is 5.91 Å². The van der Waals surface area contributed by atoms with Crippen molar-refractivity contribution in [2.75, 3.05) is 10.6 Å². The minimum Gasteiger partial charge on any atom is -0.441 e. The molecule has 0 fully saturated rings. The van der Waals surface area contributed by atoms with Crippen LogP contribution in [0, 0.1) is 6.92 Å². The van der Waals surface area contributed by atoms with Crippen molar-refractivity contribution >= 4 is 28.4 Å². The second-order valence-corrected chi connectivity index (χ2v) is 5.84. The summed E-state index contributed by atoms with van der Waals surface area (Å²) in [5, 5.41) is 5.66. The summed E-state index contributed by atoms with van der Waals surface area (Å²) >= 11 is 0. The van der Waals surface area contributed by atoms with Crippen LogP contribution in [-0.4, -0.2) is 23.3 Å². The van der Waals surface area contributed by atoms with E-state index in [1.165, 1.54) is 12.1 Å². The van der Waals surface area contributed by atoms with Gasteiger partial charge in [0.25, 0.3) is 0 Å². The summed E-state index contributed by atoms with van der Waals surface area (Å²) < 4.78 is 45.6. The van der Waals surface area contributed by atoms with Gasteiger partial charge in [0.15, 0.2) is 11.5 Å². The lowest BCUT2D eigenvalue weighted by Crippen LogP contribution is -2.31. The lowest BCUT2D eigenvalue weighted by atomic mass is 10.2. The lowest BCUT2D eigenvalue weighted by Gasteiger charge is -2.15. The second kappa shape index (κ2) is 7.18. The molecule has 3 aromatic rings. The van der Waals surface area contributed by atoms with Crippen LogP contribution in [0.15, 0.2) is 46.9 Å². The molecule has 27 heavy (non-hydrogen) atoms. The summed E-state index contributed by atoms with van der Waals surface area (Å²) in [7, 11) is 0. The number of nitrogens with one attached hydrogen (secondary N) is 2. The van der Waals surface area contributed by atoms with Gasteiger partial charge in [0.1, 0.15) is 17.3 Å². The summed E-state index contributed by atoms with van der Waals surface area (Å²) in [6.07, 6.45) is -4.76. The van der Waals surface area contributed by atoms with Crippen LogP contribution in [-0.2, 0) is 4.79 Å². The number of nitrogens with zero attached hydrogens (tertiary/aromatic N) is 1. The molecule has 1 atom stereocenters. The van der Waals surface area contributed by atoms with Crippen LogP contribution in [0.4, 0.5) is 24.5 Å². The summed E-state index contributed by atoms with van der Waals surface area (Å²) in [4.78, 5) is 16.5. The average molecular weight is 379 g/mol. The molecule has 2 aromatic carbocycles. The molecule has 1 aromatic heterocycles. The third kappa shape index (κ3) is 4.90. The number of carbonyl (C=O) groups is 1. The molecule has 1 amide bonds. The highest BCUT2D eigenvalue weighted by molar-refractivity contribution is 5.96. The fourth-order valence-electron chi connectivity index (χ4n) is 2.44. The number of aromatic nitrogens is 1. The number of halogens is 3. The number of hydrogen-bond acceptors (Lipinski definition) is 5. The summed E-state index contributed by atoms with van der Waals surface area (Å²) in [5.41, 5.74) is 2.36. The molecule has 0 saturated heterocycles. The smallest absolute Gasteiger partial charge is 0.441 e. The molecule has 1 heterocycles. The molecule has 0 bridgehead atoms. The Balaban J connectivity index is 1.61. The Bertz CT molecular complexity index is 952.